The molecule has 0 atom stereocenters. The molecule has 0 unspecified atom stereocenters. The zero-order chi connectivity index (χ0) is 19.6. The van der Waals surface area contributed by atoms with Crippen molar-refractivity contribution in [2.75, 3.05) is 19.6 Å². The van der Waals surface area contributed by atoms with Crippen LogP contribution in [0.2, 0.25) is 0 Å². The van der Waals surface area contributed by atoms with E-state index in [0.29, 0.717) is 31.6 Å². The minimum atomic E-state index is -3.69. The molecule has 2 aromatic rings. The molecule has 1 aromatic heterocycles. The van der Waals surface area contributed by atoms with E-state index in [0.717, 1.165) is 0 Å². The average molecular weight is 395 g/mol. The number of nitrogens with zero attached hydrogens (tertiary/aromatic N) is 2. The number of amides is 1. The molecule has 3 rings (SSSR count). The van der Waals surface area contributed by atoms with Crippen molar-refractivity contribution in [3.05, 3.63) is 47.1 Å². The lowest BCUT2D eigenvalue weighted by Gasteiger charge is -2.32. The fraction of sp³-hybridized carbons (Fsp3) is 0.444. The van der Waals surface area contributed by atoms with Gasteiger partial charge in [0.25, 0.3) is 5.91 Å². The van der Waals surface area contributed by atoms with Crippen LogP contribution in [0.5, 0.6) is 0 Å². The maximum atomic E-state index is 13.8. The van der Waals surface area contributed by atoms with Crippen molar-refractivity contribution in [1.82, 2.24) is 14.8 Å². The number of carbonyl (C=O) groups is 1. The first-order valence-electron chi connectivity index (χ1n) is 8.76. The van der Waals surface area contributed by atoms with Crippen LogP contribution in [0, 0.1) is 25.6 Å². The Bertz CT molecular complexity index is 914. The molecule has 1 fully saturated rings. The molecular weight excluding hydrogens is 373 g/mol. The molecule has 1 aliphatic heterocycles. The zero-order valence-electron chi connectivity index (χ0n) is 15.2. The summed E-state index contributed by atoms with van der Waals surface area (Å²) in [7, 11) is -3.69. The van der Waals surface area contributed by atoms with Gasteiger partial charge in [-0.15, -0.1) is 0 Å². The molecule has 9 heteroatoms. The fourth-order valence-corrected chi connectivity index (χ4v) is 4.74. The lowest BCUT2D eigenvalue weighted by atomic mass is 9.96. The first-order valence-corrected chi connectivity index (χ1v) is 10.2. The smallest absolute Gasteiger partial charge is 0.256 e. The van der Waals surface area contributed by atoms with Crippen LogP contribution in [0.1, 0.15) is 34.7 Å². The van der Waals surface area contributed by atoms with E-state index < -0.39 is 15.8 Å². The molecule has 146 valence electrons. The molecule has 0 spiro atoms. The number of benzene rings is 1. The largest absolute Gasteiger partial charge is 0.360 e. The van der Waals surface area contributed by atoms with Crippen LogP contribution in [0.25, 0.3) is 0 Å². The van der Waals surface area contributed by atoms with E-state index in [1.54, 1.807) is 30.9 Å². The summed E-state index contributed by atoms with van der Waals surface area (Å²) in [4.78, 5) is 14.1. The Morgan fingerprint density at radius 3 is 2.56 bits per heavy atom. The van der Waals surface area contributed by atoms with E-state index in [1.165, 1.54) is 12.1 Å². The lowest BCUT2D eigenvalue weighted by Crippen LogP contribution is -2.41. The number of hydrogen-bond acceptors (Lipinski definition) is 5. The number of aromatic nitrogens is 1. The number of aryl methyl sites for hydroxylation is 2. The second-order valence-corrected chi connectivity index (χ2v) is 8.42. The molecule has 1 aliphatic rings. The molecule has 0 saturated carbocycles. The zero-order valence-corrected chi connectivity index (χ0v) is 16.1. The quantitative estimate of drug-likeness (QED) is 0.838. The number of hydrogen-bond donors (Lipinski definition) is 1. The van der Waals surface area contributed by atoms with Crippen molar-refractivity contribution in [3.8, 4) is 0 Å². The fourth-order valence-electron chi connectivity index (χ4n) is 3.30. The van der Waals surface area contributed by atoms with E-state index in [2.05, 4.69) is 9.88 Å². The van der Waals surface area contributed by atoms with Crippen molar-refractivity contribution in [2.45, 2.75) is 31.6 Å². The van der Waals surface area contributed by atoms with Crippen LogP contribution in [-0.2, 0) is 10.0 Å². The van der Waals surface area contributed by atoms with Gasteiger partial charge in [0.1, 0.15) is 16.4 Å². The van der Waals surface area contributed by atoms with Crippen LogP contribution in [0.3, 0.4) is 0 Å². The molecular formula is C18H22FN3O4S. The Morgan fingerprint density at radius 2 is 1.96 bits per heavy atom. The van der Waals surface area contributed by atoms with Gasteiger partial charge in [0.2, 0.25) is 10.0 Å². The van der Waals surface area contributed by atoms with Crippen LogP contribution < -0.4 is 4.72 Å². The summed E-state index contributed by atoms with van der Waals surface area (Å²) >= 11 is 0. The number of likely N-dealkylation sites (tertiary alicyclic amines) is 1. The summed E-state index contributed by atoms with van der Waals surface area (Å²) < 4.78 is 46.2. The van der Waals surface area contributed by atoms with Crippen molar-refractivity contribution in [1.29, 1.82) is 0 Å². The van der Waals surface area contributed by atoms with Gasteiger partial charge >= 0.3 is 0 Å². The van der Waals surface area contributed by atoms with Gasteiger partial charge in [-0.25, -0.2) is 17.5 Å². The summed E-state index contributed by atoms with van der Waals surface area (Å²) in [6, 6.07) is 5.92. The maximum absolute atomic E-state index is 13.8. The molecule has 1 saturated heterocycles. The number of nitrogens with one attached hydrogen (secondary N) is 1. The highest BCUT2D eigenvalue weighted by Crippen LogP contribution is 2.22. The van der Waals surface area contributed by atoms with Crippen molar-refractivity contribution >= 4 is 15.9 Å². The van der Waals surface area contributed by atoms with Crippen LogP contribution in [-0.4, -0.2) is 44.0 Å². The van der Waals surface area contributed by atoms with Crippen LogP contribution >= 0.6 is 0 Å². The molecule has 0 aliphatic carbocycles. The number of carbonyl (C=O) groups excluding carboxylic acids is 1. The van der Waals surface area contributed by atoms with Gasteiger partial charge in [0.05, 0.1) is 5.56 Å². The Labute approximate surface area is 157 Å². The third-order valence-electron chi connectivity index (χ3n) is 4.80. The van der Waals surface area contributed by atoms with Crippen LogP contribution in [0.15, 0.2) is 33.7 Å². The third-order valence-corrected chi connectivity index (χ3v) is 6.47. The normalized spacial score (nSPS) is 15.9. The predicted octanol–water partition coefficient (Wildman–Crippen LogP) is 2.26. The minimum absolute atomic E-state index is 0.0649. The van der Waals surface area contributed by atoms with E-state index in [9.17, 15) is 17.6 Å². The van der Waals surface area contributed by atoms with Gasteiger partial charge in [-0.05, 0) is 44.7 Å². The Balaban J connectivity index is 1.56. The molecule has 0 radical (unpaired) electrons. The Morgan fingerprint density at radius 1 is 1.30 bits per heavy atom. The third kappa shape index (κ3) is 4.19. The highest BCUT2D eigenvalue weighted by atomic mass is 32.2. The number of piperidine rings is 1. The molecule has 0 bridgehead atoms. The van der Waals surface area contributed by atoms with Gasteiger partial charge in [-0.1, -0.05) is 17.3 Å². The van der Waals surface area contributed by atoms with Crippen LogP contribution in [0.4, 0.5) is 4.39 Å². The molecule has 1 N–H and O–H groups in total. The molecule has 1 amide bonds. The molecule has 2 heterocycles. The van der Waals surface area contributed by atoms with Gasteiger partial charge in [-0.3, -0.25) is 4.79 Å². The van der Waals surface area contributed by atoms with E-state index in [-0.39, 0.29) is 34.6 Å². The van der Waals surface area contributed by atoms with Crippen molar-refractivity contribution < 1.29 is 22.1 Å². The van der Waals surface area contributed by atoms with Gasteiger partial charge in [-0.2, -0.15) is 0 Å². The highest BCUT2D eigenvalue weighted by molar-refractivity contribution is 7.89. The van der Waals surface area contributed by atoms with E-state index in [4.69, 9.17) is 4.52 Å². The summed E-state index contributed by atoms with van der Waals surface area (Å²) in [5.74, 6) is -0.505. The summed E-state index contributed by atoms with van der Waals surface area (Å²) in [6.07, 6.45) is 1.29. The molecule has 27 heavy (non-hydrogen) atoms. The Hall–Kier alpha value is -2.26. The Kier molecular flexibility index (Phi) is 5.61. The van der Waals surface area contributed by atoms with Crippen molar-refractivity contribution in [3.63, 3.8) is 0 Å². The van der Waals surface area contributed by atoms with Gasteiger partial charge in [0, 0.05) is 19.6 Å². The summed E-state index contributed by atoms with van der Waals surface area (Å²) in [6.45, 7) is 4.34. The number of sulfonamides is 1. The van der Waals surface area contributed by atoms with Gasteiger partial charge in [0.15, 0.2) is 5.76 Å². The van der Waals surface area contributed by atoms with E-state index >= 15 is 0 Å². The summed E-state index contributed by atoms with van der Waals surface area (Å²) in [5, 5.41) is 3.67. The average Bonchev–Trinajstić information content (AvgIpc) is 2.99. The van der Waals surface area contributed by atoms with Gasteiger partial charge < -0.3 is 9.42 Å². The lowest BCUT2D eigenvalue weighted by molar-refractivity contribution is 0.0687. The van der Waals surface area contributed by atoms with Crippen molar-refractivity contribution in [2.24, 2.45) is 5.92 Å². The summed E-state index contributed by atoms with van der Waals surface area (Å²) in [5.41, 5.74) is 0.389. The monoisotopic (exact) mass is 395 g/mol. The first-order chi connectivity index (χ1) is 12.8. The SMILES string of the molecule is Cc1noc(C)c1S(=O)(=O)NCC1CCN(C(=O)c2ccccc2F)CC1. The highest BCUT2D eigenvalue weighted by Gasteiger charge is 2.28. The topological polar surface area (TPSA) is 92.5 Å². The predicted molar refractivity (Wildman–Crippen MR) is 96.2 cm³/mol. The second-order valence-electron chi connectivity index (χ2n) is 6.72. The molecule has 1 aromatic carbocycles. The first kappa shape index (κ1) is 19.5. The van der Waals surface area contributed by atoms with E-state index in [1.807, 2.05) is 0 Å². The maximum Gasteiger partial charge on any atom is 0.256 e. The number of halogens is 1. The number of rotatable bonds is 5. The standard InChI is InChI=1S/C18H22FN3O4S/c1-12-17(13(2)26-21-12)27(24,25)20-11-14-7-9-22(10-8-14)18(23)15-5-3-4-6-16(15)19/h3-6,14,20H,7-11H2,1-2H3. The second kappa shape index (κ2) is 7.77. The molecule has 7 nitrogen and oxygen atoms in total. The minimum Gasteiger partial charge on any atom is -0.360 e.